The molecule has 0 spiro atoms. The maximum atomic E-state index is 12.2. The number of benzene rings is 1. The van der Waals surface area contributed by atoms with Crippen molar-refractivity contribution in [1.29, 1.82) is 0 Å². The lowest BCUT2D eigenvalue weighted by Crippen LogP contribution is -2.52. The SMILES string of the molecule is NC(=O)CC(N)C(=O)NCC(=O)NC(Cc1ccc(O)cc1)C(=O)NCC(=O)O. The highest BCUT2D eigenvalue weighted by molar-refractivity contribution is 5.93. The highest BCUT2D eigenvalue weighted by Gasteiger charge is 2.23. The summed E-state index contributed by atoms with van der Waals surface area (Å²) in [5, 5.41) is 24.8. The van der Waals surface area contributed by atoms with Crippen LogP contribution in [-0.2, 0) is 30.4 Å². The topological polar surface area (TPSA) is 214 Å². The van der Waals surface area contributed by atoms with Crippen LogP contribution in [0.3, 0.4) is 0 Å². The van der Waals surface area contributed by atoms with Crippen molar-refractivity contribution in [2.45, 2.75) is 24.9 Å². The molecular formula is C17H23N5O7. The number of aromatic hydroxyl groups is 1. The van der Waals surface area contributed by atoms with Crippen LogP contribution in [0, 0.1) is 0 Å². The van der Waals surface area contributed by atoms with Crippen LogP contribution in [0.1, 0.15) is 12.0 Å². The van der Waals surface area contributed by atoms with E-state index in [1.54, 1.807) is 0 Å². The second kappa shape index (κ2) is 11.2. The Bertz CT molecular complexity index is 766. The average Bonchev–Trinajstić information content (AvgIpc) is 2.64. The second-order valence-electron chi connectivity index (χ2n) is 6.10. The van der Waals surface area contributed by atoms with E-state index in [1.807, 2.05) is 0 Å². The Morgan fingerprint density at radius 3 is 2.10 bits per heavy atom. The van der Waals surface area contributed by atoms with Gasteiger partial charge < -0.3 is 37.6 Å². The summed E-state index contributed by atoms with van der Waals surface area (Å²) in [5.74, 6) is -4.28. The van der Waals surface area contributed by atoms with Crippen LogP contribution in [0.5, 0.6) is 5.75 Å². The van der Waals surface area contributed by atoms with Gasteiger partial charge in [-0.25, -0.2) is 0 Å². The number of nitrogens with two attached hydrogens (primary N) is 2. The molecule has 2 atom stereocenters. The number of phenolic OH excluding ortho intramolecular Hbond substituents is 1. The average molecular weight is 409 g/mol. The molecule has 4 amide bonds. The first-order valence-electron chi connectivity index (χ1n) is 8.47. The Hall–Kier alpha value is -3.67. The highest BCUT2D eigenvalue weighted by atomic mass is 16.4. The number of nitrogens with one attached hydrogen (secondary N) is 3. The minimum Gasteiger partial charge on any atom is -0.508 e. The van der Waals surface area contributed by atoms with Gasteiger partial charge in [-0.05, 0) is 17.7 Å². The van der Waals surface area contributed by atoms with Gasteiger partial charge >= 0.3 is 5.97 Å². The molecule has 29 heavy (non-hydrogen) atoms. The molecule has 0 radical (unpaired) electrons. The van der Waals surface area contributed by atoms with Crippen LogP contribution in [0.2, 0.25) is 0 Å². The number of carbonyl (C=O) groups is 5. The van der Waals surface area contributed by atoms with Crippen LogP contribution in [-0.4, -0.2) is 65.0 Å². The van der Waals surface area contributed by atoms with E-state index in [-0.39, 0.29) is 12.2 Å². The van der Waals surface area contributed by atoms with E-state index in [0.29, 0.717) is 5.56 Å². The van der Waals surface area contributed by atoms with Gasteiger partial charge in [0.25, 0.3) is 0 Å². The Kier molecular flexibility index (Phi) is 9.05. The lowest BCUT2D eigenvalue weighted by atomic mass is 10.0. The third kappa shape index (κ3) is 9.19. The Morgan fingerprint density at radius 2 is 1.55 bits per heavy atom. The normalized spacial score (nSPS) is 12.3. The zero-order chi connectivity index (χ0) is 22.0. The molecule has 12 nitrogen and oxygen atoms in total. The molecule has 0 saturated heterocycles. The van der Waals surface area contributed by atoms with Gasteiger partial charge in [-0.2, -0.15) is 0 Å². The number of phenols is 1. The molecule has 0 bridgehead atoms. The zero-order valence-electron chi connectivity index (χ0n) is 15.4. The van der Waals surface area contributed by atoms with E-state index in [0.717, 1.165) is 0 Å². The first kappa shape index (κ1) is 23.4. The number of hydrogen-bond acceptors (Lipinski definition) is 7. The van der Waals surface area contributed by atoms with Gasteiger partial charge in [0.1, 0.15) is 18.3 Å². The molecule has 0 saturated carbocycles. The summed E-state index contributed by atoms with van der Waals surface area (Å²) in [4.78, 5) is 57.4. The van der Waals surface area contributed by atoms with E-state index in [9.17, 15) is 29.1 Å². The quantitative estimate of drug-likeness (QED) is 0.199. The van der Waals surface area contributed by atoms with Gasteiger partial charge in [0, 0.05) is 6.42 Å². The smallest absolute Gasteiger partial charge is 0.322 e. The predicted octanol–water partition coefficient (Wildman–Crippen LogP) is -3.06. The fourth-order valence-electron chi connectivity index (χ4n) is 2.22. The molecular weight excluding hydrogens is 386 g/mol. The standard InChI is InChI=1S/C17H23N5O7/c18-11(6-13(19)24)16(28)20-7-14(25)22-12(17(29)21-8-15(26)27)5-9-1-3-10(23)4-2-9/h1-4,11-12,23H,5-8,18H2,(H2,19,24)(H,20,28)(H,21,29)(H,22,25)(H,26,27). The van der Waals surface area contributed by atoms with Gasteiger partial charge in [0.15, 0.2) is 0 Å². The molecule has 9 N–H and O–H groups in total. The van der Waals surface area contributed by atoms with Crippen LogP contribution in [0.4, 0.5) is 0 Å². The van der Waals surface area contributed by atoms with Gasteiger partial charge in [-0.15, -0.1) is 0 Å². The number of amides is 4. The fraction of sp³-hybridized carbons (Fsp3) is 0.353. The largest absolute Gasteiger partial charge is 0.508 e. The van der Waals surface area contributed by atoms with Gasteiger partial charge in [-0.3, -0.25) is 24.0 Å². The number of carbonyl (C=O) groups excluding carboxylic acids is 4. The van der Waals surface area contributed by atoms with Crippen molar-refractivity contribution in [1.82, 2.24) is 16.0 Å². The molecule has 0 fully saturated rings. The minimum atomic E-state index is -1.26. The molecule has 1 rings (SSSR count). The van der Waals surface area contributed by atoms with Crippen molar-refractivity contribution < 1.29 is 34.2 Å². The highest BCUT2D eigenvalue weighted by Crippen LogP contribution is 2.11. The Labute approximate surface area is 165 Å². The lowest BCUT2D eigenvalue weighted by molar-refractivity contribution is -0.138. The van der Waals surface area contributed by atoms with Gasteiger partial charge in [0.2, 0.25) is 23.6 Å². The summed E-state index contributed by atoms with van der Waals surface area (Å²) in [7, 11) is 0. The van der Waals surface area contributed by atoms with Crippen LogP contribution >= 0.6 is 0 Å². The second-order valence-corrected chi connectivity index (χ2v) is 6.10. The van der Waals surface area contributed by atoms with E-state index < -0.39 is 61.2 Å². The summed E-state index contributed by atoms with van der Waals surface area (Å²) in [6, 6.07) is 3.50. The van der Waals surface area contributed by atoms with E-state index >= 15 is 0 Å². The van der Waals surface area contributed by atoms with Crippen LogP contribution in [0.25, 0.3) is 0 Å². The summed E-state index contributed by atoms with van der Waals surface area (Å²) < 4.78 is 0. The fourth-order valence-corrected chi connectivity index (χ4v) is 2.22. The number of primary amides is 1. The molecule has 0 heterocycles. The van der Waals surface area contributed by atoms with E-state index in [1.165, 1.54) is 24.3 Å². The predicted molar refractivity (Wildman–Crippen MR) is 99.2 cm³/mol. The Morgan fingerprint density at radius 1 is 0.966 bits per heavy atom. The molecule has 0 aliphatic rings. The van der Waals surface area contributed by atoms with Crippen molar-refractivity contribution >= 4 is 29.6 Å². The molecule has 1 aromatic rings. The van der Waals surface area contributed by atoms with Gasteiger partial charge in [-0.1, -0.05) is 12.1 Å². The van der Waals surface area contributed by atoms with Crippen molar-refractivity contribution in [3.63, 3.8) is 0 Å². The first-order chi connectivity index (χ1) is 13.6. The maximum Gasteiger partial charge on any atom is 0.322 e. The van der Waals surface area contributed by atoms with Crippen molar-refractivity contribution in [2.75, 3.05) is 13.1 Å². The van der Waals surface area contributed by atoms with Crippen LogP contribution in [0.15, 0.2) is 24.3 Å². The van der Waals surface area contributed by atoms with Crippen molar-refractivity contribution in [3.8, 4) is 5.75 Å². The first-order valence-corrected chi connectivity index (χ1v) is 8.47. The third-order valence-corrected chi connectivity index (χ3v) is 3.62. The molecule has 158 valence electrons. The monoisotopic (exact) mass is 409 g/mol. The Balaban J connectivity index is 2.71. The van der Waals surface area contributed by atoms with E-state index in [4.69, 9.17) is 16.6 Å². The number of aliphatic carboxylic acids is 1. The number of hydrogen-bond donors (Lipinski definition) is 7. The molecule has 1 aromatic carbocycles. The molecule has 0 aromatic heterocycles. The third-order valence-electron chi connectivity index (χ3n) is 3.62. The van der Waals surface area contributed by atoms with Crippen molar-refractivity contribution in [3.05, 3.63) is 29.8 Å². The summed E-state index contributed by atoms with van der Waals surface area (Å²) in [6.45, 7) is -1.16. The maximum absolute atomic E-state index is 12.2. The number of carboxylic acids is 1. The lowest BCUT2D eigenvalue weighted by Gasteiger charge is -2.19. The molecule has 0 aliphatic carbocycles. The molecule has 2 unspecified atom stereocenters. The molecule has 12 heteroatoms. The number of rotatable bonds is 11. The minimum absolute atomic E-state index is 0.00656. The summed E-state index contributed by atoms with van der Waals surface area (Å²) in [5.41, 5.74) is 11.0. The number of carboxylic acid groups (broad SMARTS) is 1. The van der Waals surface area contributed by atoms with Crippen molar-refractivity contribution in [2.24, 2.45) is 11.5 Å². The van der Waals surface area contributed by atoms with Gasteiger partial charge in [0.05, 0.1) is 19.0 Å². The van der Waals surface area contributed by atoms with Crippen LogP contribution < -0.4 is 27.4 Å². The van der Waals surface area contributed by atoms with E-state index in [2.05, 4.69) is 16.0 Å². The zero-order valence-corrected chi connectivity index (χ0v) is 15.4. The summed E-state index contributed by atoms with van der Waals surface area (Å²) in [6.07, 6.45) is -0.388. The molecule has 0 aliphatic heterocycles. The summed E-state index contributed by atoms with van der Waals surface area (Å²) >= 11 is 0.